The Labute approximate surface area is 160 Å². The van der Waals surface area contributed by atoms with Gasteiger partial charge in [0.2, 0.25) is 0 Å². The van der Waals surface area contributed by atoms with E-state index in [9.17, 15) is 9.90 Å². The first-order valence-corrected chi connectivity index (χ1v) is 10.4. The highest BCUT2D eigenvalue weighted by atomic mass is 32.1. The van der Waals surface area contributed by atoms with Gasteiger partial charge in [-0.15, -0.1) is 11.3 Å². The van der Waals surface area contributed by atoms with Crippen molar-refractivity contribution in [2.45, 2.75) is 25.0 Å². The number of aromatic nitrogens is 1. The average molecular weight is 384 g/mol. The summed E-state index contributed by atoms with van der Waals surface area (Å²) >= 11 is 1.46. The van der Waals surface area contributed by atoms with E-state index in [1.807, 2.05) is 28.5 Å². The van der Waals surface area contributed by atoms with E-state index >= 15 is 0 Å². The Morgan fingerprint density at radius 2 is 2.04 bits per heavy atom. The molecule has 1 aromatic heterocycles. The molecule has 2 aliphatic heterocycles. The number of carbonyl (C=O) groups is 1. The van der Waals surface area contributed by atoms with E-state index in [2.05, 4.69) is 4.98 Å². The maximum Gasteiger partial charge on any atom is 0.273 e. The fourth-order valence-electron chi connectivity index (χ4n) is 5.48. The summed E-state index contributed by atoms with van der Waals surface area (Å²) in [6.07, 6.45) is 1.76. The van der Waals surface area contributed by atoms with Crippen molar-refractivity contribution in [3.63, 3.8) is 0 Å². The number of nitrogens with zero attached hydrogens (tertiary/aromatic N) is 2. The third-order valence-corrected chi connectivity index (χ3v) is 7.51. The summed E-state index contributed by atoms with van der Waals surface area (Å²) in [7, 11) is 0. The van der Waals surface area contributed by atoms with E-state index < -0.39 is 0 Å². The number of benzene rings is 1. The van der Waals surface area contributed by atoms with Crippen molar-refractivity contribution in [3.8, 4) is 22.1 Å². The maximum atomic E-state index is 13.1. The van der Waals surface area contributed by atoms with Crippen LogP contribution >= 0.6 is 11.3 Å². The minimum Gasteiger partial charge on any atom is -0.486 e. The summed E-state index contributed by atoms with van der Waals surface area (Å²) in [5.74, 6) is 2.84. The second-order valence-electron chi connectivity index (χ2n) is 7.99. The Bertz CT molecular complexity index is 926. The van der Waals surface area contributed by atoms with Gasteiger partial charge in [0.1, 0.15) is 23.9 Å². The molecular formula is C20H20N2O4S. The monoisotopic (exact) mass is 384 g/mol. The van der Waals surface area contributed by atoms with Crippen LogP contribution in [0.25, 0.3) is 10.6 Å². The number of fused-ring (bicyclic) bond motifs is 2. The van der Waals surface area contributed by atoms with Crippen molar-refractivity contribution < 1.29 is 19.4 Å². The predicted molar refractivity (Wildman–Crippen MR) is 99.1 cm³/mol. The summed E-state index contributed by atoms with van der Waals surface area (Å²) in [6, 6.07) is 5.74. The molecule has 2 aliphatic carbocycles. The normalized spacial score (nSPS) is 32.9. The highest BCUT2D eigenvalue weighted by Crippen LogP contribution is 2.55. The van der Waals surface area contributed by atoms with Gasteiger partial charge < -0.3 is 19.5 Å². The van der Waals surface area contributed by atoms with E-state index in [1.165, 1.54) is 11.3 Å². The Morgan fingerprint density at radius 1 is 1.19 bits per heavy atom. The lowest BCUT2D eigenvalue weighted by Crippen LogP contribution is -2.43. The standard InChI is InChI=1S/C20H20N2O4S/c23-18-11-5-12-8-22(17(18)13(12)6-11)20(24)14-9-27-19(21-14)10-1-2-15-16(7-10)26-4-3-25-15/h1-2,7,9,11-13,17-18,23H,3-6,8H2. The lowest BCUT2D eigenvalue weighted by molar-refractivity contribution is 0.0399. The zero-order chi connectivity index (χ0) is 18.1. The van der Waals surface area contributed by atoms with Crippen LogP contribution in [-0.4, -0.2) is 52.8 Å². The van der Waals surface area contributed by atoms with Gasteiger partial charge >= 0.3 is 0 Å². The number of aliphatic hydroxyl groups is 1. The van der Waals surface area contributed by atoms with E-state index in [-0.39, 0.29) is 18.1 Å². The van der Waals surface area contributed by atoms with Gasteiger partial charge in [0.15, 0.2) is 11.5 Å². The van der Waals surface area contributed by atoms with Gasteiger partial charge in [0, 0.05) is 17.5 Å². The fraction of sp³-hybridized carbons (Fsp3) is 0.500. The largest absolute Gasteiger partial charge is 0.486 e. The number of hydrogen-bond donors (Lipinski definition) is 1. The first-order chi connectivity index (χ1) is 13.2. The van der Waals surface area contributed by atoms with Crippen LogP contribution in [0.1, 0.15) is 23.3 Å². The van der Waals surface area contributed by atoms with E-state index in [0.29, 0.717) is 36.7 Å². The molecule has 1 aromatic carbocycles. The van der Waals surface area contributed by atoms with Crippen molar-refractivity contribution in [2.75, 3.05) is 19.8 Å². The molecule has 1 saturated heterocycles. The molecule has 5 atom stereocenters. The number of carbonyl (C=O) groups excluding carboxylic acids is 1. The van der Waals surface area contributed by atoms with Crippen molar-refractivity contribution in [1.29, 1.82) is 0 Å². The molecule has 7 heteroatoms. The van der Waals surface area contributed by atoms with Gasteiger partial charge in [0.25, 0.3) is 5.91 Å². The maximum absolute atomic E-state index is 13.1. The third kappa shape index (κ3) is 2.28. The molecule has 6 rings (SSSR count). The molecule has 6 nitrogen and oxygen atoms in total. The van der Waals surface area contributed by atoms with Crippen LogP contribution in [0.5, 0.6) is 11.5 Å². The Balaban J connectivity index is 1.27. The first-order valence-electron chi connectivity index (χ1n) is 9.53. The predicted octanol–water partition coefficient (Wildman–Crippen LogP) is 2.42. The molecule has 1 amide bonds. The van der Waals surface area contributed by atoms with Crippen molar-refractivity contribution in [2.24, 2.45) is 17.8 Å². The van der Waals surface area contributed by atoms with Crippen LogP contribution in [0.3, 0.4) is 0 Å². The van der Waals surface area contributed by atoms with Crippen LogP contribution in [0, 0.1) is 17.8 Å². The zero-order valence-corrected chi connectivity index (χ0v) is 15.5. The van der Waals surface area contributed by atoms with Crippen LogP contribution in [0.4, 0.5) is 0 Å². The molecule has 2 saturated carbocycles. The summed E-state index contributed by atoms with van der Waals surface area (Å²) in [5.41, 5.74) is 1.40. The SMILES string of the molecule is O=C(c1csc(-c2ccc3c(c2)OCCO3)n1)N1CC2CC3CC2C1C3O. The number of amides is 1. The lowest BCUT2D eigenvalue weighted by Gasteiger charge is -2.28. The highest BCUT2D eigenvalue weighted by molar-refractivity contribution is 7.13. The number of hydrogen-bond acceptors (Lipinski definition) is 6. The minimum atomic E-state index is -0.367. The second-order valence-corrected chi connectivity index (χ2v) is 8.85. The topological polar surface area (TPSA) is 71.9 Å². The van der Waals surface area contributed by atoms with Crippen molar-refractivity contribution in [1.82, 2.24) is 9.88 Å². The summed E-state index contributed by atoms with van der Waals surface area (Å²) in [6.45, 7) is 1.87. The third-order valence-electron chi connectivity index (χ3n) is 6.62. The van der Waals surface area contributed by atoms with Crippen molar-refractivity contribution >= 4 is 17.2 Å². The molecule has 2 bridgehead atoms. The van der Waals surface area contributed by atoms with Gasteiger partial charge in [-0.2, -0.15) is 0 Å². The van der Waals surface area contributed by atoms with Crippen LogP contribution in [0.2, 0.25) is 0 Å². The van der Waals surface area contributed by atoms with Gasteiger partial charge in [0.05, 0.1) is 12.1 Å². The number of rotatable bonds is 2. The smallest absolute Gasteiger partial charge is 0.273 e. The average Bonchev–Trinajstić information content (AvgIpc) is 3.43. The molecule has 1 N–H and O–H groups in total. The van der Waals surface area contributed by atoms with Crippen LogP contribution in [-0.2, 0) is 0 Å². The van der Waals surface area contributed by atoms with Gasteiger partial charge in [-0.1, -0.05) is 0 Å². The molecule has 3 fully saturated rings. The van der Waals surface area contributed by atoms with Crippen LogP contribution in [0.15, 0.2) is 23.6 Å². The number of thiazole rings is 1. The number of ether oxygens (including phenoxy) is 2. The molecule has 0 radical (unpaired) electrons. The van der Waals surface area contributed by atoms with Gasteiger partial charge in [-0.3, -0.25) is 4.79 Å². The molecule has 5 unspecified atom stereocenters. The van der Waals surface area contributed by atoms with E-state index in [0.717, 1.165) is 41.5 Å². The quantitative estimate of drug-likeness (QED) is 0.861. The summed E-state index contributed by atoms with van der Waals surface area (Å²) < 4.78 is 11.2. The summed E-state index contributed by atoms with van der Waals surface area (Å²) in [5, 5.41) is 13.2. The molecular weight excluding hydrogens is 364 g/mol. The fourth-order valence-corrected chi connectivity index (χ4v) is 6.27. The molecule has 0 spiro atoms. The summed E-state index contributed by atoms with van der Waals surface area (Å²) in [4.78, 5) is 19.6. The minimum absolute atomic E-state index is 0.0132. The lowest BCUT2D eigenvalue weighted by atomic mass is 9.88. The first kappa shape index (κ1) is 15.9. The zero-order valence-electron chi connectivity index (χ0n) is 14.7. The van der Waals surface area contributed by atoms with E-state index in [1.54, 1.807) is 0 Å². The molecule has 3 heterocycles. The van der Waals surface area contributed by atoms with Crippen LogP contribution < -0.4 is 9.47 Å². The molecule has 2 aromatic rings. The number of likely N-dealkylation sites (tertiary alicyclic amines) is 1. The molecule has 27 heavy (non-hydrogen) atoms. The van der Waals surface area contributed by atoms with Gasteiger partial charge in [-0.25, -0.2) is 4.98 Å². The molecule has 140 valence electrons. The van der Waals surface area contributed by atoms with E-state index in [4.69, 9.17) is 9.47 Å². The van der Waals surface area contributed by atoms with Gasteiger partial charge in [-0.05, 0) is 48.8 Å². The number of aliphatic hydroxyl groups excluding tert-OH is 1. The second kappa shape index (κ2) is 5.69. The molecule has 4 aliphatic rings. The Kier molecular flexibility index (Phi) is 3.35. The Morgan fingerprint density at radius 3 is 2.89 bits per heavy atom. The Hall–Kier alpha value is -2.12. The highest BCUT2D eigenvalue weighted by Gasteiger charge is 2.60. The van der Waals surface area contributed by atoms with Crippen molar-refractivity contribution in [3.05, 3.63) is 29.3 Å².